The van der Waals surface area contributed by atoms with Crippen molar-refractivity contribution in [3.63, 3.8) is 0 Å². The van der Waals surface area contributed by atoms with E-state index in [1.807, 2.05) is 91.7 Å². The van der Waals surface area contributed by atoms with Crippen molar-refractivity contribution in [2.45, 2.75) is 20.0 Å². The van der Waals surface area contributed by atoms with Crippen LogP contribution >= 0.6 is 0 Å². The van der Waals surface area contributed by atoms with Gasteiger partial charge >= 0.3 is 0 Å². The highest BCUT2D eigenvalue weighted by Crippen LogP contribution is 2.29. The summed E-state index contributed by atoms with van der Waals surface area (Å²) in [5.74, 6) is 1.79. The quantitative estimate of drug-likeness (QED) is 0.382. The lowest BCUT2D eigenvalue weighted by molar-refractivity contribution is 0.0988. The van der Waals surface area contributed by atoms with Gasteiger partial charge in [0.1, 0.15) is 24.5 Å². The number of rotatable bonds is 7. The van der Waals surface area contributed by atoms with Gasteiger partial charge in [-0.15, -0.1) is 0 Å². The van der Waals surface area contributed by atoms with Gasteiger partial charge in [-0.25, -0.2) is 9.97 Å². The largest absolute Gasteiger partial charge is 0.489 e. The Morgan fingerprint density at radius 3 is 2.40 bits per heavy atom. The van der Waals surface area contributed by atoms with Crippen LogP contribution in [0.25, 0.3) is 10.9 Å². The molecule has 3 aromatic carbocycles. The number of fused-ring (bicyclic) bond motifs is 1. The number of aromatic nitrogens is 2. The van der Waals surface area contributed by atoms with E-state index in [0.717, 1.165) is 39.3 Å². The molecule has 0 saturated heterocycles. The van der Waals surface area contributed by atoms with Crippen LogP contribution in [-0.2, 0) is 6.61 Å². The first kappa shape index (κ1) is 19.6. The number of Topliss-reactive ketones (excluding diaryl/α,β-unsaturated/α-hetero) is 1. The number of carbonyl (C=O) groups excluding carboxylic acids is 1. The summed E-state index contributed by atoms with van der Waals surface area (Å²) in [6.45, 7) is 2.32. The first-order valence-corrected chi connectivity index (χ1v) is 9.94. The van der Waals surface area contributed by atoms with Gasteiger partial charge in [0.2, 0.25) is 0 Å². The van der Waals surface area contributed by atoms with Crippen molar-refractivity contribution in [2.24, 2.45) is 0 Å². The van der Waals surface area contributed by atoms with Crippen LogP contribution in [0, 0.1) is 0 Å². The van der Waals surface area contributed by atoms with Gasteiger partial charge in [0.25, 0.3) is 0 Å². The first-order valence-electron chi connectivity index (χ1n) is 9.94. The highest BCUT2D eigenvalue weighted by Gasteiger charge is 2.10. The van der Waals surface area contributed by atoms with Crippen LogP contribution < -0.4 is 9.64 Å². The molecule has 0 saturated carbocycles. The fourth-order valence-electron chi connectivity index (χ4n) is 3.30. The number of hydrogen-bond acceptors (Lipinski definition) is 5. The summed E-state index contributed by atoms with van der Waals surface area (Å²) in [7, 11) is 1.99. The van der Waals surface area contributed by atoms with Crippen molar-refractivity contribution in [3.05, 3.63) is 90.3 Å². The summed E-state index contributed by atoms with van der Waals surface area (Å²) in [6.07, 6.45) is 2.10. The Balaban J connectivity index is 1.44. The Bertz CT molecular complexity index is 1150. The molecule has 4 rings (SSSR count). The van der Waals surface area contributed by atoms with E-state index in [1.54, 1.807) is 6.33 Å². The fraction of sp³-hybridized carbons (Fsp3) is 0.160. The van der Waals surface area contributed by atoms with Crippen molar-refractivity contribution in [1.82, 2.24) is 9.97 Å². The van der Waals surface area contributed by atoms with Crippen LogP contribution in [-0.4, -0.2) is 22.8 Å². The predicted octanol–water partition coefficient (Wildman–Crippen LogP) is 5.57. The highest BCUT2D eigenvalue weighted by atomic mass is 16.5. The first-order chi connectivity index (χ1) is 14.7. The van der Waals surface area contributed by atoms with Crippen molar-refractivity contribution in [3.8, 4) is 5.75 Å². The maximum Gasteiger partial charge on any atom is 0.162 e. The smallest absolute Gasteiger partial charge is 0.162 e. The van der Waals surface area contributed by atoms with Gasteiger partial charge in [0, 0.05) is 30.1 Å². The topological polar surface area (TPSA) is 55.3 Å². The normalized spacial score (nSPS) is 10.7. The third kappa shape index (κ3) is 4.15. The average molecular weight is 397 g/mol. The maximum atomic E-state index is 11.7. The summed E-state index contributed by atoms with van der Waals surface area (Å²) in [6, 6.07) is 23.5. The maximum absolute atomic E-state index is 11.7. The Morgan fingerprint density at radius 2 is 1.67 bits per heavy atom. The van der Waals surface area contributed by atoms with E-state index in [4.69, 9.17) is 4.74 Å². The number of anilines is 2. The van der Waals surface area contributed by atoms with Crippen LogP contribution in [0.2, 0.25) is 0 Å². The molecule has 0 aliphatic rings. The number of ketones is 1. The minimum absolute atomic E-state index is 0.152. The lowest BCUT2D eigenvalue weighted by Gasteiger charge is -2.20. The van der Waals surface area contributed by atoms with E-state index in [2.05, 4.69) is 9.97 Å². The molecule has 0 aliphatic carbocycles. The number of ether oxygens (including phenoxy) is 1. The average Bonchev–Trinajstić information content (AvgIpc) is 2.82. The van der Waals surface area contributed by atoms with Crippen molar-refractivity contribution >= 4 is 28.2 Å². The summed E-state index contributed by atoms with van der Waals surface area (Å²) < 4.78 is 5.90. The Kier molecular flexibility index (Phi) is 5.70. The lowest BCUT2D eigenvalue weighted by Crippen LogP contribution is -2.11. The molecule has 5 heteroatoms. The molecule has 150 valence electrons. The molecule has 5 nitrogen and oxygen atoms in total. The molecule has 0 atom stereocenters. The zero-order valence-corrected chi connectivity index (χ0v) is 17.1. The number of carbonyl (C=O) groups is 1. The van der Waals surface area contributed by atoms with Gasteiger partial charge in [0.05, 0.1) is 5.52 Å². The molecular formula is C25H23N3O2. The molecule has 4 aromatic rings. The number of nitrogens with zero attached hydrogens (tertiary/aromatic N) is 3. The van der Waals surface area contributed by atoms with Gasteiger partial charge in [0.15, 0.2) is 5.78 Å². The van der Waals surface area contributed by atoms with E-state index in [0.29, 0.717) is 13.0 Å². The van der Waals surface area contributed by atoms with Crippen LogP contribution in [0.3, 0.4) is 0 Å². The molecular weight excluding hydrogens is 374 g/mol. The monoisotopic (exact) mass is 397 g/mol. The van der Waals surface area contributed by atoms with Crippen LogP contribution in [0.5, 0.6) is 5.75 Å². The van der Waals surface area contributed by atoms with Crippen molar-refractivity contribution in [1.29, 1.82) is 0 Å². The molecule has 0 radical (unpaired) electrons. The number of para-hydroxylation sites is 1. The van der Waals surface area contributed by atoms with Gasteiger partial charge < -0.3 is 9.64 Å². The molecule has 30 heavy (non-hydrogen) atoms. The molecule has 0 aliphatic heterocycles. The SMILES string of the molecule is CCC(=O)c1ccc(COc2ccc(N(C)c3ncnc4ccccc34)cc2)cc1. The van der Waals surface area contributed by atoms with Crippen molar-refractivity contribution < 1.29 is 9.53 Å². The molecule has 0 amide bonds. The summed E-state index contributed by atoms with van der Waals surface area (Å²) in [4.78, 5) is 22.6. The minimum atomic E-state index is 0.152. The van der Waals surface area contributed by atoms with Crippen LogP contribution in [0.4, 0.5) is 11.5 Å². The summed E-state index contributed by atoms with van der Waals surface area (Å²) in [5, 5.41) is 1.01. The predicted molar refractivity (Wildman–Crippen MR) is 119 cm³/mol. The molecule has 0 fully saturated rings. The van der Waals surface area contributed by atoms with Gasteiger partial charge in [-0.2, -0.15) is 0 Å². The summed E-state index contributed by atoms with van der Waals surface area (Å²) >= 11 is 0. The van der Waals surface area contributed by atoms with E-state index >= 15 is 0 Å². The Labute approximate surface area is 176 Å². The van der Waals surface area contributed by atoms with E-state index in [1.165, 1.54) is 0 Å². The molecule has 0 N–H and O–H groups in total. The minimum Gasteiger partial charge on any atom is -0.489 e. The molecule has 0 unspecified atom stereocenters. The third-order valence-electron chi connectivity index (χ3n) is 5.07. The summed E-state index contributed by atoms with van der Waals surface area (Å²) in [5.41, 5.74) is 3.69. The fourth-order valence-corrected chi connectivity index (χ4v) is 3.30. The zero-order chi connectivity index (χ0) is 20.9. The molecule has 1 heterocycles. The van der Waals surface area contributed by atoms with Crippen LogP contribution in [0.1, 0.15) is 29.3 Å². The number of hydrogen-bond donors (Lipinski definition) is 0. The molecule has 0 bridgehead atoms. The highest BCUT2D eigenvalue weighted by molar-refractivity contribution is 5.95. The molecule has 1 aromatic heterocycles. The molecule has 0 spiro atoms. The van der Waals surface area contributed by atoms with E-state index < -0.39 is 0 Å². The Hall–Kier alpha value is -3.73. The van der Waals surface area contributed by atoms with Crippen molar-refractivity contribution in [2.75, 3.05) is 11.9 Å². The zero-order valence-electron chi connectivity index (χ0n) is 17.1. The third-order valence-corrected chi connectivity index (χ3v) is 5.07. The standard InChI is InChI=1S/C25H23N3O2/c1-3-24(29)19-10-8-18(9-11-19)16-30-21-14-12-20(13-15-21)28(2)25-22-6-4-5-7-23(22)26-17-27-25/h4-15,17H,3,16H2,1-2H3. The van der Waals surface area contributed by atoms with Gasteiger partial charge in [-0.3, -0.25) is 4.79 Å². The second-order valence-corrected chi connectivity index (χ2v) is 7.03. The number of benzene rings is 3. The van der Waals surface area contributed by atoms with Gasteiger partial charge in [-0.05, 0) is 42.0 Å². The van der Waals surface area contributed by atoms with E-state index in [-0.39, 0.29) is 5.78 Å². The second kappa shape index (κ2) is 8.74. The Morgan fingerprint density at radius 1 is 0.933 bits per heavy atom. The van der Waals surface area contributed by atoms with E-state index in [9.17, 15) is 4.79 Å². The second-order valence-electron chi connectivity index (χ2n) is 7.03. The lowest BCUT2D eigenvalue weighted by atomic mass is 10.1. The van der Waals surface area contributed by atoms with Gasteiger partial charge in [-0.1, -0.05) is 43.3 Å². The van der Waals surface area contributed by atoms with Crippen LogP contribution in [0.15, 0.2) is 79.1 Å².